The van der Waals surface area contributed by atoms with Crippen LogP contribution in [0.4, 0.5) is 0 Å². The number of phenols is 1. The highest BCUT2D eigenvalue weighted by atomic mass is 16.7. The number of ether oxygens (including phenoxy) is 6. The zero-order valence-electron chi connectivity index (χ0n) is 23.9. The third kappa shape index (κ3) is 6.40. The molecule has 0 radical (unpaired) electrons. The summed E-state index contributed by atoms with van der Waals surface area (Å²) in [7, 11) is 1.37. The van der Waals surface area contributed by atoms with Gasteiger partial charge in [0.2, 0.25) is 12.6 Å². The molecule has 2 aliphatic rings. The molecule has 2 fully saturated rings. The van der Waals surface area contributed by atoms with Crippen LogP contribution in [-0.2, 0) is 19.0 Å². The predicted octanol–water partition coefficient (Wildman–Crippen LogP) is -1.26. The molecule has 0 amide bonds. The molecule has 0 aliphatic carbocycles. The number of hydrogen-bond donors (Lipinski definition) is 7. The van der Waals surface area contributed by atoms with Crippen LogP contribution in [0.15, 0.2) is 45.6 Å². The van der Waals surface area contributed by atoms with Crippen molar-refractivity contribution in [1.82, 2.24) is 0 Å². The smallest absolute Gasteiger partial charge is 0.302 e. The monoisotopic (exact) mass is 636 g/mol. The molecule has 0 bridgehead atoms. The van der Waals surface area contributed by atoms with Crippen LogP contribution in [0.1, 0.15) is 6.92 Å². The number of aliphatic hydroxyl groups excluding tert-OH is 5. The molecular formula is C29H32O16. The van der Waals surface area contributed by atoms with E-state index >= 15 is 0 Å². The molecule has 2 aromatic carbocycles. The van der Waals surface area contributed by atoms with Crippen LogP contribution in [0.5, 0.6) is 23.0 Å². The van der Waals surface area contributed by atoms with Crippen LogP contribution < -0.4 is 19.6 Å². The second kappa shape index (κ2) is 12.8. The molecular weight excluding hydrogens is 604 g/mol. The summed E-state index contributed by atoms with van der Waals surface area (Å²) in [5.41, 5.74) is -2.54. The van der Waals surface area contributed by atoms with Crippen molar-refractivity contribution in [1.29, 1.82) is 0 Å². The van der Waals surface area contributed by atoms with Gasteiger partial charge in [-0.25, -0.2) is 0 Å². The number of benzene rings is 2. The van der Waals surface area contributed by atoms with Crippen molar-refractivity contribution in [3.05, 3.63) is 46.6 Å². The molecule has 2 aliphatic heterocycles. The van der Waals surface area contributed by atoms with Gasteiger partial charge in [0.15, 0.2) is 16.9 Å². The Bertz CT molecular complexity index is 1610. The fourth-order valence-electron chi connectivity index (χ4n) is 4.88. The highest BCUT2D eigenvalue weighted by Gasteiger charge is 2.49. The van der Waals surface area contributed by atoms with Crippen molar-refractivity contribution in [3.8, 4) is 34.3 Å². The van der Waals surface area contributed by atoms with Crippen molar-refractivity contribution < 1.29 is 73.4 Å². The number of carbonyl (C=O) groups excluding carboxylic acids is 1. The van der Waals surface area contributed by atoms with Gasteiger partial charge in [0.1, 0.15) is 71.0 Å². The van der Waals surface area contributed by atoms with Gasteiger partial charge in [-0.1, -0.05) is 0 Å². The molecule has 16 nitrogen and oxygen atoms in total. The maximum Gasteiger partial charge on any atom is 0.302 e. The number of hydrogen-bond acceptors (Lipinski definition) is 16. The molecule has 0 spiro atoms. The average molecular weight is 637 g/mol. The van der Waals surface area contributed by atoms with Crippen molar-refractivity contribution in [2.45, 2.75) is 55.6 Å². The first-order valence-electron chi connectivity index (χ1n) is 13.6. The lowest BCUT2D eigenvalue weighted by atomic mass is 9.99. The maximum absolute atomic E-state index is 13.4. The standard InChI is InChI=1S/C29H32O16/c1-12(31)40-9-21-23(34)24(35)25(36)27(45-21)42-14-6-19-22(20(7-14)44-28-26(37)29(38,10-30)11-41-28)16(33)8-18(43-19)13-3-4-17(39-2)15(32)5-13/h3-8,21,23-28,30,32,34-38H,9-11H2,1-2H3/t21-,23-,24+,25-,26+,27-,28-,29-/m1/s1. The van der Waals surface area contributed by atoms with E-state index in [1.807, 2.05) is 0 Å². The number of rotatable bonds is 9. The van der Waals surface area contributed by atoms with Crippen LogP contribution in [0.3, 0.4) is 0 Å². The quantitative estimate of drug-likeness (QED) is 0.136. The summed E-state index contributed by atoms with van der Waals surface area (Å²) in [6.45, 7) is -0.677. The average Bonchev–Trinajstić information content (AvgIpc) is 3.29. The van der Waals surface area contributed by atoms with Gasteiger partial charge in [-0.15, -0.1) is 0 Å². The fraction of sp³-hybridized carbons (Fsp3) is 0.448. The lowest BCUT2D eigenvalue weighted by Crippen LogP contribution is -2.60. The lowest BCUT2D eigenvalue weighted by Gasteiger charge is -2.39. The summed E-state index contributed by atoms with van der Waals surface area (Å²) < 4.78 is 38.3. The van der Waals surface area contributed by atoms with Gasteiger partial charge in [0.25, 0.3) is 0 Å². The Kier molecular flexibility index (Phi) is 9.20. The van der Waals surface area contributed by atoms with Crippen LogP contribution in [-0.4, -0.2) is 117 Å². The van der Waals surface area contributed by atoms with Crippen molar-refractivity contribution >= 4 is 16.9 Å². The van der Waals surface area contributed by atoms with E-state index in [1.165, 1.54) is 37.4 Å². The van der Waals surface area contributed by atoms with Gasteiger partial charge in [0.05, 0.1) is 20.3 Å². The third-order valence-corrected chi connectivity index (χ3v) is 7.43. The number of carbonyl (C=O) groups is 1. The number of aliphatic hydroxyl groups is 6. The molecule has 8 atom stereocenters. The van der Waals surface area contributed by atoms with Crippen LogP contribution in [0.2, 0.25) is 0 Å². The number of fused-ring (bicyclic) bond motifs is 1. The number of esters is 1. The first kappa shape index (κ1) is 32.4. The van der Waals surface area contributed by atoms with E-state index in [-0.39, 0.29) is 39.7 Å². The summed E-state index contributed by atoms with van der Waals surface area (Å²) in [6, 6.07) is 7.82. The summed E-state index contributed by atoms with van der Waals surface area (Å²) >= 11 is 0. The highest BCUT2D eigenvalue weighted by molar-refractivity contribution is 5.86. The number of aromatic hydroxyl groups is 1. The van der Waals surface area contributed by atoms with Gasteiger partial charge >= 0.3 is 5.97 Å². The summed E-state index contributed by atoms with van der Waals surface area (Å²) in [6.07, 6.45) is -11.4. The summed E-state index contributed by atoms with van der Waals surface area (Å²) in [4.78, 5) is 24.7. The molecule has 2 saturated heterocycles. The summed E-state index contributed by atoms with van der Waals surface area (Å²) in [5.74, 6) is -1.16. The predicted molar refractivity (Wildman–Crippen MR) is 148 cm³/mol. The van der Waals surface area contributed by atoms with Crippen LogP contribution in [0.25, 0.3) is 22.3 Å². The minimum atomic E-state index is -2.04. The molecule has 244 valence electrons. The minimum absolute atomic E-state index is 0.00861. The number of methoxy groups -OCH3 is 1. The van der Waals surface area contributed by atoms with Gasteiger partial charge in [-0.2, -0.15) is 0 Å². The zero-order valence-corrected chi connectivity index (χ0v) is 23.9. The van der Waals surface area contributed by atoms with Crippen molar-refractivity contribution in [2.75, 3.05) is 26.9 Å². The Balaban J connectivity index is 1.55. The van der Waals surface area contributed by atoms with Crippen molar-refractivity contribution in [3.63, 3.8) is 0 Å². The second-order valence-corrected chi connectivity index (χ2v) is 10.6. The van der Waals surface area contributed by atoms with E-state index in [0.29, 0.717) is 5.56 Å². The van der Waals surface area contributed by atoms with Gasteiger partial charge < -0.3 is 68.6 Å². The normalized spacial score (nSPS) is 29.8. The fourth-order valence-corrected chi connectivity index (χ4v) is 4.88. The second-order valence-electron chi connectivity index (χ2n) is 10.6. The largest absolute Gasteiger partial charge is 0.504 e. The van der Waals surface area contributed by atoms with Crippen LogP contribution in [0, 0.1) is 0 Å². The molecule has 1 aromatic heterocycles. The van der Waals surface area contributed by atoms with Gasteiger partial charge in [-0.05, 0) is 18.2 Å². The molecule has 5 rings (SSSR count). The molecule has 0 saturated carbocycles. The van der Waals surface area contributed by atoms with Crippen molar-refractivity contribution in [2.24, 2.45) is 0 Å². The van der Waals surface area contributed by atoms with E-state index in [2.05, 4.69) is 0 Å². The Hall–Kier alpha value is -4.00. The molecule has 7 N–H and O–H groups in total. The molecule has 0 unspecified atom stereocenters. The molecule has 3 heterocycles. The molecule has 16 heteroatoms. The first-order valence-corrected chi connectivity index (χ1v) is 13.6. The zero-order chi connectivity index (χ0) is 32.6. The van der Waals surface area contributed by atoms with Gasteiger partial charge in [-0.3, -0.25) is 9.59 Å². The van der Waals surface area contributed by atoms with Gasteiger partial charge in [0, 0.05) is 30.7 Å². The minimum Gasteiger partial charge on any atom is -0.504 e. The highest BCUT2D eigenvalue weighted by Crippen LogP contribution is 2.37. The lowest BCUT2D eigenvalue weighted by molar-refractivity contribution is -0.278. The Morgan fingerprint density at radius 2 is 1.76 bits per heavy atom. The summed E-state index contributed by atoms with van der Waals surface area (Å²) in [5, 5.41) is 71.8. The SMILES string of the molecule is COc1ccc(-c2cc(=O)c3c(O[C@H]4OC[C@](O)(CO)[C@H]4O)cc(O[C@@H]4O[C@H](COC(C)=O)[C@@H](O)[C@H](O)[C@H]4O)cc3o2)cc1O. The number of phenolic OH excluding ortho intramolecular Hbond substituents is 1. The van der Waals surface area contributed by atoms with E-state index in [4.69, 9.17) is 32.8 Å². The molecule has 45 heavy (non-hydrogen) atoms. The van der Waals surface area contributed by atoms with E-state index < -0.39 is 79.9 Å². The third-order valence-electron chi connectivity index (χ3n) is 7.43. The van der Waals surface area contributed by atoms with E-state index in [0.717, 1.165) is 13.0 Å². The maximum atomic E-state index is 13.4. The Labute approximate surface area is 254 Å². The van der Waals surface area contributed by atoms with E-state index in [1.54, 1.807) is 0 Å². The topological polar surface area (TPSA) is 244 Å². The van der Waals surface area contributed by atoms with Crippen LogP contribution >= 0.6 is 0 Å². The molecule has 3 aromatic rings. The first-order chi connectivity index (χ1) is 21.3. The Morgan fingerprint density at radius 3 is 2.40 bits per heavy atom. The van der Waals surface area contributed by atoms with E-state index in [9.17, 15) is 45.3 Å². The Morgan fingerprint density at radius 1 is 1.00 bits per heavy atom.